The molecule has 2 heterocycles. The Morgan fingerprint density at radius 2 is 2.32 bits per heavy atom. The van der Waals surface area contributed by atoms with E-state index < -0.39 is 28.0 Å². The maximum atomic E-state index is 10.9. The molecule has 19 heavy (non-hydrogen) atoms. The van der Waals surface area contributed by atoms with Crippen LogP contribution in [0.3, 0.4) is 0 Å². The van der Waals surface area contributed by atoms with Crippen LogP contribution in [-0.2, 0) is 10.1 Å². The van der Waals surface area contributed by atoms with E-state index in [4.69, 9.17) is 10.3 Å². The molecule has 1 aliphatic rings. The number of rotatable bonds is 4. The number of anilines is 2. The van der Waals surface area contributed by atoms with Crippen LogP contribution in [0.5, 0.6) is 0 Å². The van der Waals surface area contributed by atoms with E-state index in [2.05, 4.69) is 5.10 Å². The molecule has 0 radical (unpaired) electrons. The van der Waals surface area contributed by atoms with Gasteiger partial charge in [0.1, 0.15) is 0 Å². The van der Waals surface area contributed by atoms with Crippen molar-refractivity contribution in [2.75, 3.05) is 29.5 Å². The van der Waals surface area contributed by atoms with Gasteiger partial charge in [-0.2, -0.15) is 13.5 Å². The summed E-state index contributed by atoms with van der Waals surface area (Å²) in [6.45, 7) is 2.71. The highest BCUT2D eigenvalue weighted by Crippen LogP contribution is 2.29. The second kappa shape index (κ2) is 4.99. The van der Waals surface area contributed by atoms with Crippen molar-refractivity contribution in [3.8, 4) is 0 Å². The number of nitrogens with two attached hydrogens (primary N) is 1. The van der Waals surface area contributed by atoms with Gasteiger partial charge < -0.3 is 15.7 Å². The predicted molar refractivity (Wildman–Crippen MR) is 70.6 cm³/mol. The first-order valence-corrected chi connectivity index (χ1v) is 7.60. The molecule has 108 valence electrons. The fourth-order valence-corrected chi connectivity index (χ4v) is 3.08. The molecule has 2 atom stereocenters. The molecule has 0 aliphatic carbocycles. The van der Waals surface area contributed by atoms with Crippen molar-refractivity contribution >= 4 is 21.6 Å². The number of nitrogen functional groups attached to an aromatic ring is 1. The first kappa shape index (κ1) is 14.1. The van der Waals surface area contributed by atoms with Crippen LogP contribution in [0.1, 0.15) is 19.4 Å². The second-order valence-corrected chi connectivity index (χ2v) is 6.35. The average Bonchev–Trinajstić information content (AvgIpc) is 2.81. The van der Waals surface area contributed by atoms with Gasteiger partial charge in [-0.1, -0.05) is 0 Å². The zero-order valence-electron chi connectivity index (χ0n) is 10.6. The topological polar surface area (TPSA) is 122 Å². The van der Waals surface area contributed by atoms with E-state index in [-0.39, 0.29) is 0 Å². The minimum absolute atomic E-state index is 0.417. The minimum Gasteiger partial charge on any atom is -0.394 e. The molecule has 0 amide bonds. The molecule has 0 saturated carbocycles. The van der Waals surface area contributed by atoms with Crippen molar-refractivity contribution in [1.29, 1.82) is 0 Å². The van der Waals surface area contributed by atoms with Gasteiger partial charge in [-0.3, -0.25) is 4.55 Å². The Morgan fingerprint density at radius 1 is 1.63 bits per heavy atom. The summed E-state index contributed by atoms with van der Waals surface area (Å²) in [5.41, 5.74) is 6.28. The molecule has 1 saturated heterocycles. The molecule has 9 heteroatoms. The second-order valence-electron chi connectivity index (χ2n) is 4.85. The molecular formula is C10H18N4O4S. The highest BCUT2D eigenvalue weighted by Gasteiger charge is 2.27. The Hall–Kier alpha value is -1.32. The van der Waals surface area contributed by atoms with Crippen LogP contribution in [0.25, 0.3) is 0 Å². The molecular weight excluding hydrogens is 272 g/mol. The highest BCUT2D eigenvalue weighted by atomic mass is 32.2. The number of hydrogen-bond acceptors (Lipinski definition) is 6. The van der Waals surface area contributed by atoms with E-state index in [1.54, 1.807) is 6.92 Å². The molecule has 2 unspecified atom stereocenters. The van der Waals surface area contributed by atoms with Gasteiger partial charge in [-0.05, 0) is 13.3 Å². The maximum absolute atomic E-state index is 10.9. The Kier molecular flexibility index (Phi) is 3.70. The van der Waals surface area contributed by atoms with E-state index in [0.717, 1.165) is 0 Å². The third-order valence-corrected chi connectivity index (χ3v) is 4.03. The number of aromatic nitrogens is 2. The van der Waals surface area contributed by atoms with Crippen molar-refractivity contribution < 1.29 is 18.1 Å². The predicted octanol–water partition coefficient (Wildman–Crippen LogP) is -0.515. The van der Waals surface area contributed by atoms with Crippen molar-refractivity contribution in [3.05, 3.63) is 6.20 Å². The van der Waals surface area contributed by atoms with Gasteiger partial charge in [0.25, 0.3) is 10.1 Å². The van der Waals surface area contributed by atoms with E-state index in [0.29, 0.717) is 31.0 Å². The molecule has 4 N–H and O–H groups in total. The number of β-amino-alcohol motifs (C(OH)–C–C–N with tert-alkyl or cyclic N) is 1. The van der Waals surface area contributed by atoms with Crippen molar-refractivity contribution in [2.24, 2.45) is 0 Å². The van der Waals surface area contributed by atoms with Gasteiger partial charge in [0, 0.05) is 13.1 Å². The molecule has 0 aromatic carbocycles. The van der Waals surface area contributed by atoms with Crippen molar-refractivity contribution in [1.82, 2.24) is 9.78 Å². The first-order valence-electron chi connectivity index (χ1n) is 5.99. The van der Waals surface area contributed by atoms with E-state index in [9.17, 15) is 13.5 Å². The Bertz CT molecular complexity index is 556. The van der Waals surface area contributed by atoms with Gasteiger partial charge >= 0.3 is 0 Å². The quantitative estimate of drug-likeness (QED) is 0.638. The monoisotopic (exact) mass is 290 g/mol. The average molecular weight is 290 g/mol. The Labute approximate surface area is 111 Å². The molecule has 0 spiro atoms. The number of hydrogen-bond donors (Lipinski definition) is 3. The lowest BCUT2D eigenvalue weighted by Crippen LogP contribution is -2.28. The summed E-state index contributed by atoms with van der Waals surface area (Å²) >= 11 is 0. The lowest BCUT2D eigenvalue weighted by Gasteiger charge is -2.22. The minimum atomic E-state index is -4.08. The van der Waals surface area contributed by atoms with E-state index >= 15 is 0 Å². The molecule has 1 aromatic heterocycles. The van der Waals surface area contributed by atoms with Gasteiger partial charge in [0.15, 0.2) is 5.82 Å². The summed E-state index contributed by atoms with van der Waals surface area (Å²) in [4.78, 5) is 1.87. The van der Waals surface area contributed by atoms with Gasteiger partial charge in [0.2, 0.25) is 0 Å². The van der Waals surface area contributed by atoms with Gasteiger partial charge in [-0.25, -0.2) is 4.68 Å². The van der Waals surface area contributed by atoms with E-state index in [1.807, 2.05) is 4.90 Å². The van der Waals surface area contributed by atoms with E-state index in [1.165, 1.54) is 10.9 Å². The summed E-state index contributed by atoms with van der Waals surface area (Å²) in [5.74, 6) is 0.157. The summed E-state index contributed by atoms with van der Waals surface area (Å²) in [6.07, 6.45) is 1.66. The van der Waals surface area contributed by atoms with Crippen LogP contribution in [0, 0.1) is 0 Å². The third kappa shape index (κ3) is 3.17. The molecule has 2 rings (SSSR count). The molecule has 0 bridgehead atoms. The molecule has 1 aliphatic heterocycles. The van der Waals surface area contributed by atoms with Crippen LogP contribution in [0.2, 0.25) is 0 Å². The maximum Gasteiger partial charge on any atom is 0.266 e. The lowest BCUT2D eigenvalue weighted by atomic mass is 10.3. The van der Waals surface area contributed by atoms with Gasteiger partial charge in [0.05, 0.1) is 29.8 Å². The fraction of sp³-hybridized carbons (Fsp3) is 0.700. The SMILES string of the molecule is CC(CS(=O)(=O)O)n1ncc(N)c1N1CCC(O)C1. The van der Waals surface area contributed by atoms with Crippen LogP contribution in [0.4, 0.5) is 11.5 Å². The van der Waals surface area contributed by atoms with Crippen LogP contribution in [0.15, 0.2) is 6.20 Å². The normalized spacial score (nSPS) is 21.8. The zero-order valence-corrected chi connectivity index (χ0v) is 11.4. The van der Waals surface area contributed by atoms with Crippen molar-refractivity contribution in [3.63, 3.8) is 0 Å². The summed E-state index contributed by atoms with van der Waals surface area (Å²) in [5, 5.41) is 13.6. The van der Waals surface area contributed by atoms with Gasteiger partial charge in [-0.15, -0.1) is 0 Å². The number of nitrogens with zero attached hydrogens (tertiary/aromatic N) is 3. The van der Waals surface area contributed by atoms with Crippen LogP contribution in [-0.4, -0.2) is 52.8 Å². The smallest absolute Gasteiger partial charge is 0.266 e. The standard InChI is InChI=1S/C10H18N4O4S/c1-7(6-19(16,17)18)14-10(9(11)4-12-14)13-3-2-8(15)5-13/h4,7-8,15H,2-3,5-6,11H2,1H3,(H,16,17,18). The zero-order chi connectivity index (χ0) is 14.2. The molecule has 1 aromatic rings. The summed E-state index contributed by atoms with van der Waals surface area (Å²) in [7, 11) is -4.08. The fourth-order valence-electron chi connectivity index (χ4n) is 2.33. The largest absolute Gasteiger partial charge is 0.394 e. The summed E-state index contributed by atoms with van der Waals surface area (Å²) < 4.78 is 32.2. The number of aliphatic hydroxyl groups is 1. The molecule has 1 fully saturated rings. The third-order valence-electron chi connectivity index (χ3n) is 3.13. The Balaban J connectivity index is 2.27. The lowest BCUT2D eigenvalue weighted by molar-refractivity contribution is 0.198. The van der Waals surface area contributed by atoms with Crippen LogP contribution < -0.4 is 10.6 Å². The highest BCUT2D eigenvalue weighted by molar-refractivity contribution is 7.85. The van der Waals surface area contributed by atoms with Crippen molar-refractivity contribution in [2.45, 2.75) is 25.5 Å². The number of aliphatic hydroxyl groups excluding tert-OH is 1. The van der Waals surface area contributed by atoms with Crippen LogP contribution >= 0.6 is 0 Å². The summed E-state index contributed by atoms with van der Waals surface area (Å²) in [6, 6.07) is -0.542. The first-order chi connectivity index (χ1) is 8.78. The molecule has 8 nitrogen and oxygen atoms in total. The Morgan fingerprint density at radius 3 is 2.84 bits per heavy atom.